The first-order chi connectivity index (χ1) is 11.4. The number of amides is 2. The zero-order valence-corrected chi connectivity index (χ0v) is 13.7. The maximum Gasteiger partial charge on any atom is 0.301 e. The Morgan fingerprint density at radius 3 is 2.42 bits per heavy atom. The highest BCUT2D eigenvalue weighted by molar-refractivity contribution is 6.45. The first-order valence-electron chi connectivity index (χ1n) is 7.47. The van der Waals surface area contributed by atoms with Gasteiger partial charge in [-0.3, -0.25) is 9.59 Å². The van der Waals surface area contributed by atoms with Crippen LogP contribution in [0.25, 0.3) is 5.57 Å². The van der Waals surface area contributed by atoms with Crippen molar-refractivity contribution in [1.82, 2.24) is 0 Å². The van der Waals surface area contributed by atoms with Gasteiger partial charge in [0.1, 0.15) is 5.75 Å². The molecule has 0 spiro atoms. The van der Waals surface area contributed by atoms with Crippen molar-refractivity contribution >= 4 is 23.1 Å². The van der Waals surface area contributed by atoms with E-state index >= 15 is 0 Å². The second-order valence-electron chi connectivity index (χ2n) is 5.69. The van der Waals surface area contributed by atoms with Crippen molar-refractivity contribution in [2.24, 2.45) is 0 Å². The third kappa shape index (κ3) is 2.44. The minimum atomic E-state index is -0.733. The minimum absolute atomic E-state index is 0.0281. The number of benzene rings is 2. The number of carbonyl (C=O) groups excluding carboxylic acids is 2. The van der Waals surface area contributed by atoms with Crippen LogP contribution in [0.4, 0.5) is 5.69 Å². The van der Waals surface area contributed by atoms with E-state index in [9.17, 15) is 14.7 Å². The molecule has 1 aliphatic rings. The average molecular weight is 323 g/mol. The molecule has 0 atom stereocenters. The Labute approximate surface area is 139 Å². The Bertz CT molecular complexity index is 883. The molecule has 2 aromatic carbocycles. The second-order valence-corrected chi connectivity index (χ2v) is 5.69. The molecule has 3 rings (SSSR count). The number of imide groups is 1. The highest BCUT2D eigenvalue weighted by Crippen LogP contribution is 2.34. The number of hydrogen-bond acceptors (Lipinski definition) is 4. The second kappa shape index (κ2) is 5.85. The molecule has 0 radical (unpaired) electrons. The van der Waals surface area contributed by atoms with E-state index in [0.29, 0.717) is 17.0 Å². The molecule has 2 amide bonds. The molecule has 0 aromatic heterocycles. The molecule has 1 N–H and O–H groups in total. The first kappa shape index (κ1) is 15.8. The smallest absolute Gasteiger partial charge is 0.301 e. The summed E-state index contributed by atoms with van der Waals surface area (Å²) < 4.78 is 5.13. The maximum absolute atomic E-state index is 12.8. The summed E-state index contributed by atoms with van der Waals surface area (Å²) in [5, 5.41) is 10.3. The van der Waals surface area contributed by atoms with Crippen LogP contribution in [0.1, 0.15) is 16.7 Å². The van der Waals surface area contributed by atoms with Gasteiger partial charge in [0, 0.05) is 6.07 Å². The maximum atomic E-state index is 12.8. The fraction of sp³-hybridized carbons (Fsp3) is 0.158. The molecular weight excluding hydrogens is 306 g/mol. The molecule has 0 saturated carbocycles. The quantitative estimate of drug-likeness (QED) is 0.881. The number of ether oxygens (including phenoxy) is 1. The van der Waals surface area contributed by atoms with Crippen molar-refractivity contribution in [1.29, 1.82) is 0 Å². The van der Waals surface area contributed by atoms with Gasteiger partial charge in [0.25, 0.3) is 5.91 Å². The standard InChI is InChI=1S/C19H17NO4/c1-11-7-8-15(12(2)9-11)16-17(21)19(23)20(18(16)22)13-5-4-6-14(10-13)24-3/h4-10,21H,1-3H3. The Morgan fingerprint density at radius 2 is 1.75 bits per heavy atom. The van der Waals surface area contributed by atoms with Gasteiger partial charge in [-0.05, 0) is 37.1 Å². The minimum Gasteiger partial charge on any atom is -0.502 e. The van der Waals surface area contributed by atoms with Gasteiger partial charge >= 0.3 is 5.91 Å². The van der Waals surface area contributed by atoms with Crippen molar-refractivity contribution in [2.45, 2.75) is 13.8 Å². The van der Waals surface area contributed by atoms with E-state index in [1.165, 1.54) is 7.11 Å². The average Bonchev–Trinajstić information content (AvgIpc) is 2.78. The molecule has 0 unspecified atom stereocenters. The molecule has 0 aliphatic carbocycles. The topological polar surface area (TPSA) is 66.8 Å². The number of anilines is 1. The molecule has 5 nitrogen and oxygen atoms in total. The summed E-state index contributed by atoms with van der Waals surface area (Å²) in [6.45, 7) is 3.78. The third-order valence-corrected chi connectivity index (χ3v) is 4.02. The van der Waals surface area contributed by atoms with Crippen LogP contribution in [0.15, 0.2) is 48.2 Å². The van der Waals surface area contributed by atoms with Gasteiger partial charge in [-0.1, -0.05) is 29.8 Å². The van der Waals surface area contributed by atoms with Crippen LogP contribution in [0.3, 0.4) is 0 Å². The molecule has 2 aromatic rings. The normalized spacial score (nSPS) is 14.5. The van der Waals surface area contributed by atoms with E-state index in [-0.39, 0.29) is 5.57 Å². The zero-order chi connectivity index (χ0) is 17.4. The lowest BCUT2D eigenvalue weighted by Crippen LogP contribution is -2.31. The van der Waals surface area contributed by atoms with E-state index in [1.807, 2.05) is 26.0 Å². The summed E-state index contributed by atoms with van der Waals surface area (Å²) in [5.74, 6) is -1.29. The number of methoxy groups -OCH3 is 1. The Balaban J connectivity index is 2.07. The summed E-state index contributed by atoms with van der Waals surface area (Å²) >= 11 is 0. The predicted octanol–water partition coefficient (Wildman–Crippen LogP) is 3.15. The largest absolute Gasteiger partial charge is 0.502 e. The molecule has 0 fully saturated rings. The number of aliphatic hydroxyl groups is 1. The first-order valence-corrected chi connectivity index (χ1v) is 7.47. The molecule has 1 aliphatic heterocycles. The van der Waals surface area contributed by atoms with E-state index in [0.717, 1.165) is 16.0 Å². The van der Waals surface area contributed by atoms with Crippen LogP contribution in [0, 0.1) is 13.8 Å². The molecule has 122 valence electrons. The molecule has 1 heterocycles. The van der Waals surface area contributed by atoms with Crippen LogP contribution in [-0.4, -0.2) is 24.0 Å². The van der Waals surface area contributed by atoms with E-state index in [2.05, 4.69) is 0 Å². The Kier molecular flexibility index (Phi) is 3.85. The highest BCUT2D eigenvalue weighted by atomic mass is 16.5. The van der Waals surface area contributed by atoms with E-state index < -0.39 is 17.6 Å². The van der Waals surface area contributed by atoms with Crippen LogP contribution in [-0.2, 0) is 9.59 Å². The van der Waals surface area contributed by atoms with Gasteiger partial charge in [-0.25, -0.2) is 4.90 Å². The summed E-state index contributed by atoms with van der Waals surface area (Å²) in [5.41, 5.74) is 2.81. The summed E-state index contributed by atoms with van der Waals surface area (Å²) in [4.78, 5) is 26.2. The Hall–Kier alpha value is -3.08. The lowest BCUT2D eigenvalue weighted by atomic mass is 9.98. The van der Waals surface area contributed by atoms with Crippen molar-refractivity contribution in [3.05, 3.63) is 64.9 Å². The Morgan fingerprint density at radius 1 is 1.00 bits per heavy atom. The number of nitrogens with zero attached hydrogens (tertiary/aromatic N) is 1. The lowest BCUT2D eigenvalue weighted by molar-refractivity contribution is -0.121. The lowest BCUT2D eigenvalue weighted by Gasteiger charge is -2.15. The molecule has 5 heteroatoms. The molecule has 24 heavy (non-hydrogen) atoms. The highest BCUT2D eigenvalue weighted by Gasteiger charge is 2.40. The van der Waals surface area contributed by atoms with Gasteiger partial charge in [-0.2, -0.15) is 0 Å². The van der Waals surface area contributed by atoms with Crippen LogP contribution in [0.2, 0.25) is 0 Å². The number of hydrogen-bond donors (Lipinski definition) is 1. The molecular formula is C19H17NO4. The van der Waals surface area contributed by atoms with E-state index in [1.54, 1.807) is 30.3 Å². The number of rotatable bonds is 3. The van der Waals surface area contributed by atoms with Gasteiger partial charge < -0.3 is 9.84 Å². The van der Waals surface area contributed by atoms with Gasteiger partial charge in [0.2, 0.25) is 0 Å². The van der Waals surface area contributed by atoms with Crippen LogP contribution < -0.4 is 9.64 Å². The zero-order valence-electron chi connectivity index (χ0n) is 13.7. The number of aliphatic hydroxyl groups excluding tert-OH is 1. The van der Waals surface area contributed by atoms with E-state index in [4.69, 9.17) is 4.74 Å². The van der Waals surface area contributed by atoms with Crippen molar-refractivity contribution in [3.63, 3.8) is 0 Å². The number of aryl methyl sites for hydroxylation is 2. The molecule has 0 saturated heterocycles. The fourth-order valence-corrected chi connectivity index (χ4v) is 2.84. The van der Waals surface area contributed by atoms with Crippen LogP contribution in [0.5, 0.6) is 5.75 Å². The predicted molar refractivity (Wildman–Crippen MR) is 91.0 cm³/mol. The SMILES string of the molecule is COc1cccc(N2C(=O)C(O)=C(c3ccc(C)cc3C)C2=O)c1. The van der Waals surface area contributed by atoms with Crippen molar-refractivity contribution in [2.75, 3.05) is 12.0 Å². The molecule has 0 bridgehead atoms. The summed E-state index contributed by atoms with van der Waals surface area (Å²) in [6, 6.07) is 12.1. The third-order valence-electron chi connectivity index (χ3n) is 4.02. The van der Waals surface area contributed by atoms with Gasteiger partial charge in [0.05, 0.1) is 18.4 Å². The summed E-state index contributed by atoms with van der Waals surface area (Å²) in [7, 11) is 1.50. The van der Waals surface area contributed by atoms with Crippen molar-refractivity contribution < 1.29 is 19.4 Å². The van der Waals surface area contributed by atoms with Gasteiger partial charge in [-0.15, -0.1) is 0 Å². The fourth-order valence-electron chi connectivity index (χ4n) is 2.84. The monoisotopic (exact) mass is 323 g/mol. The summed E-state index contributed by atoms with van der Waals surface area (Å²) in [6.07, 6.45) is 0. The number of carbonyl (C=O) groups is 2. The van der Waals surface area contributed by atoms with Crippen LogP contribution >= 0.6 is 0 Å². The van der Waals surface area contributed by atoms with Gasteiger partial charge in [0.15, 0.2) is 5.76 Å². The van der Waals surface area contributed by atoms with Crippen molar-refractivity contribution in [3.8, 4) is 5.75 Å².